The number of rotatable bonds is 5. The maximum Gasteiger partial charge on any atom is 0.290 e. The van der Waals surface area contributed by atoms with Crippen LogP contribution < -0.4 is 10.6 Å². The maximum atomic E-state index is 13.0. The molecule has 1 unspecified atom stereocenters. The molecule has 1 aliphatic carbocycles. The van der Waals surface area contributed by atoms with E-state index in [1.165, 1.54) is 17.5 Å². The van der Waals surface area contributed by atoms with Crippen molar-refractivity contribution in [2.75, 3.05) is 5.32 Å². The zero-order valence-electron chi connectivity index (χ0n) is 24.2. The van der Waals surface area contributed by atoms with Crippen LogP contribution in [0.15, 0.2) is 54.1 Å². The summed E-state index contributed by atoms with van der Waals surface area (Å²) in [5.74, 6) is -0.248. The molecule has 6 nitrogen and oxygen atoms in total. The number of fused-ring (bicyclic) bond motifs is 1. The molecule has 2 aromatic carbocycles. The van der Waals surface area contributed by atoms with Crippen molar-refractivity contribution < 1.29 is 14.7 Å². The van der Waals surface area contributed by atoms with E-state index in [-0.39, 0.29) is 29.7 Å². The molecule has 0 radical (unpaired) electrons. The Morgan fingerprint density at radius 1 is 1.08 bits per heavy atom. The van der Waals surface area contributed by atoms with Gasteiger partial charge in [0.25, 0.3) is 12.4 Å². The molecule has 204 valence electrons. The average Bonchev–Trinajstić information content (AvgIpc) is 2.87. The first-order chi connectivity index (χ1) is 17.6. The van der Waals surface area contributed by atoms with Gasteiger partial charge in [-0.15, -0.1) is 0 Å². The van der Waals surface area contributed by atoms with Gasteiger partial charge >= 0.3 is 0 Å². The maximum absolute atomic E-state index is 13.0. The number of anilines is 1. The van der Waals surface area contributed by atoms with Crippen molar-refractivity contribution in [1.29, 1.82) is 5.41 Å². The van der Waals surface area contributed by atoms with Crippen LogP contribution in [0.5, 0.6) is 0 Å². The Morgan fingerprint density at radius 3 is 2.22 bits per heavy atom. The number of allylic oxidation sites excluding steroid dienone is 1. The highest BCUT2D eigenvalue weighted by Gasteiger charge is 2.25. The summed E-state index contributed by atoms with van der Waals surface area (Å²) in [5, 5.41) is 22.2. The van der Waals surface area contributed by atoms with Gasteiger partial charge in [0.1, 0.15) is 0 Å². The van der Waals surface area contributed by atoms with Crippen molar-refractivity contribution in [1.82, 2.24) is 5.32 Å². The predicted octanol–water partition coefficient (Wildman–Crippen LogP) is 7.47. The molecule has 0 bridgehead atoms. The molecule has 0 spiro atoms. The van der Waals surface area contributed by atoms with E-state index in [9.17, 15) is 4.79 Å². The lowest BCUT2D eigenvalue weighted by molar-refractivity contribution is -0.122. The Kier molecular flexibility index (Phi) is 15.7. The first-order valence-corrected chi connectivity index (χ1v) is 13.2. The first-order valence-electron chi connectivity index (χ1n) is 13.2. The molecule has 3 rings (SSSR count). The lowest BCUT2D eigenvalue weighted by Gasteiger charge is -2.33. The molecule has 0 fully saturated rings. The van der Waals surface area contributed by atoms with Gasteiger partial charge in [-0.2, -0.15) is 0 Å². The zero-order chi connectivity index (χ0) is 28.6. The van der Waals surface area contributed by atoms with Gasteiger partial charge in [0.2, 0.25) is 0 Å². The summed E-state index contributed by atoms with van der Waals surface area (Å²) in [6.45, 7) is 18.1. The van der Waals surface area contributed by atoms with Crippen molar-refractivity contribution in [2.24, 2.45) is 0 Å². The molecule has 6 heteroatoms. The van der Waals surface area contributed by atoms with Crippen LogP contribution in [-0.2, 0) is 16.0 Å². The Hall–Kier alpha value is -3.25. The van der Waals surface area contributed by atoms with E-state index in [1.807, 2.05) is 65.0 Å². The third kappa shape index (κ3) is 10.7. The van der Waals surface area contributed by atoms with Gasteiger partial charge in [0.05, 0.1) is 11.3 Å². The third-order valence-corrected chi connectivity index (χ3v) is 5.54. The number of amides is 1. The molecule has 0 saturated heterocycles. The van der Waals surface area contributed by atoms with E-state index in [0.29, 0.717) is 5.57 Å². The van der Waals surface area contributed by atoms with E-state index < -0.39 is 0 Å². The predicted molar refractivity (Wildman–Crippen MR) is 157 cm³/mol. The number of carboxylic acid groups (broad SMARTS) is 1. The largest absolute Gasteiger partial charge is 0.483 e. The van der Waals surface area contributed by atoms with E-state index in [0.717, 1.165) is 29.7 Å². The van der Waals surface area contributed by atoms with E-state index in [2.05, 4.69) is 43.5 Å². The number of carbonyl (C=O) groups excluding carboxylic acids is 1. The fourth-order valence-corrected chi connectivity index (χ4v) is 4.14. The fourth-order valence-electron chi connectivity index (χ4n) is 4.14. The zero-order valence-corrected chi connectivity index (χ0v) is 24.2. The van der Waals surface area contributed by atoms with Crippen molar-refractivity contribution in [3.63, 3.8) is 0 Å². The van der Waals surface area contributed by atoms with Crippen molar-refractivity contribution >= 4 is 23.8 Å². The van der Waals surface area contributed by atoms with Crippen LogP contribution in [-0.4, -0.2) is 28.7 Å². The first kappa shape index (κ1) is 33.8. The Balaban J connectivity index is 0.00000169. The Labute approximate surface area is 224 Å². The van der Waals surface area contributed by atoms with Crippen LogP contribution in [0.2, 0.25) is 0 Å². The van der Waals surface area contributed by atoms with Crippen molar-refractivity contribution in [3.05, 3.63) is 76.4 Å². The Bertz CT molecular complexity index is 1040. The monoisotopic (exact) mass is 509 g/mol. The van der Waals surface area contributed by atoms with E-state index in [4.69, 9.17) is 15.3 Å². The SMILES string of the molecule is C/C=C(\C(=N)c1ccccc1C)C(=O)Nc1ccc2c(c1)C(NC(C)(C)C)CCC2.CC.CC.O=CO. The summed E-state index contributed by atoms with van der Waals surface area (Å²) >= 11 is 0. The molecule has 0 heterocycles. The van der Waals surface area contributed by atoms with Crippen LogP contribution in [0.4, 0.5) is 5.69 Å². The summed E-state index contributed by atoms with van der Waals surface area (Å²) in [4.78, 5) is 21.4. The highest BCUT2D eigenvalue weighted by Crippen LogP contribution is 2.33. The normalized spacial score (nSPS) is 14.2. The van der Waals surface area contributed by atoms with Gasteiger partial charge in [-0.25, -0.2) is 0 Å². The van der Waals surface area contributed by atoms with Gasteiger partial charge in [0, 0.05) is 22.8 Å². The molecule has 4 N–H and O–H groups in total. The topological polar surface area (TPSA) is 102 Å². The van der Waals surface area contributed by atoms with Gasteiger partial charge in [0.15, 0.2) is 0 Å². The highest BCUT2D eigenvalue weighted by atomic mass is 16.3. The second-order valence-corrected chi connectivity index (χ2v) is 9.20. The number of aryl methyl sites for hydroxylation is 2. The molecule has 2 aromatic rings. The molecular weight excluding hydrogens is 462 g/mol. The second-order valence-electron chi connectivity index (χ2n) is 9.20. The minimum absolute atomic E-state index is 0.0271. The summed E-state index contributed by atoms with van der Waals surface area (Å²) in [6, 6.07) is 14.2. The average molecular weight is 510 g/mol. The van der Waals surface area contributed by atoms with Gasteiger partial charge in [-0.1, -0.05) is 64.1 Å². The summed E-state index contributed by atoms with van der Waals surface area (Å²) in [5.41, 5.74) is 5.81. The summed E-state index contributed by atoms with van der Waals surface area (Å²) in [6.07, 6.45) is 5.05. The molecule has 37 heavy (non-hydrogen) atoms. The van der Waals surface area contributed by atoms with Gasteiger partial charge in [-0.05, 0) is 82.7 Å². The van der Waals surface area contributed by atoms with Crippen molar-refractivity contribution in [3.8, 4) is 0 Å². The molecule has 1 atom stereocenters. The minimum atomic E-state index is -0.250. The molecule has 1 amide bonds. The number of hydrogen-bond donors (Lipinski definition) is 4. The Morgan fingerprint density at radius 2 is 1.68 bits per heavy atom. The lowest BCUT2D eigenvalue weighted by Crippen LogP contribution is -2.40. The molecule has 0 saturated carbocycles. The lowest BCUT2D eigenvalue weighted by atomic mass is 9.86. The second kappa shape index (κ2) is 17.2. The fraction of sp³-hybridized carbons (Fsp3) is 0.452. The summed E-state index contributed by atoms with van der Waals surface area (Å²) < 4.78 is 0. The standard InChI is InChI=1S/C26H33N3O.2C2H6.CH2O2/c1-6-20(24(27)21-12-8-7-10-17(21)2)25(30)28-19-15-14-18-11-9-13-23(22(18)16-19)29-26(3,4)5;2*1-2;2-1-3/h6-8,10,12,14-16,23,27,29H,9,11,13H2,1-5H3,(H,28,30);2*1-2H3;1H,(H,2,3)/b20-6+,27-24?;;;. The third-order valence-electron chi connectivity index (χ3n) is 5.54. The van der Waals surface area contributed by atoms with Crippen LogP contribution in [0.25, 0.3) is 0 Å². The van der Waals surface area contributed by atoms with Gasteiger partial charge < -0.3 is 15.7 Å². The summed E-state index contributed by atoms with van der Waals surface area (Å²) in [7, 11) is 0. The molecule has 1 aliphatic rings. The van der Waals surface area contributed by atoms with E-state index in [1.54, 1.807) is 13.0 Å². The number of nitrogens with one attached hydrogen (secondary N) is 3. The molecular formula is C31H47N3O3. The number of hydrogen-bond acceptors (Lipinski definition) is 4. The van der Waals surface area contributed by atoms with E-state index >= 15 is 0 Å². The number of carbonyl (C=O) groups is 2. The van der Waals surface area contributed by atoms with Gasteiger partial charge in [-0.3, -0.25) is 15.0 Å². The number of benzene rings is 2. The van der Waals surface area contributed by atoms with Crippen LogP contribution in [0.1, 0.15) is 96.5 Å². The van der Waals surface area contributed by atoms with Crippen LogP contribution >= 0.6 is 0 Å². The highest BCUT2D eigenvalue weighted by molar-refractivity contribution is 6.30. The van der Waals surface area contributed by atoms with Crippen LogP contribution in [0, 0.1) is 12.3 Å². The smallest absolute Gasteiger partial charge is 0.290 e. The minimum Gasteiger partial charge on any atom is -0.483 e. The quantitative estimate of drug-likeness (QED) is 0.191. The molecule has 0 aromatic heterocycles. The van der Waals surface area contributed by atoms with Crippen LogP contribution in [0.3, 0.4) is 0 Å². The van der Waals surface area contributed by atoms with Crippen molar-refractivity contribution in [2.45, 2.75) is 93.2 Å². The molecule has 0 aliphatic heterocycles.